The van der Waals surface area contributed by atoms with Crippen LogP contribution < -0.4 is 0 Å². The maximum atomic E-state index is 12.2. The van der Waals surface area contributed by atoms with Crippen molar-refractivity contribution < 1.29 is 56.9 Å². The number of carboxylic acids is 2. The summed E-state index contributed by atoms with van der Waals surface area (Å²) in [6.45, 7) is 10.1. The first-order chi connectivity index (χ1) is 27.2. The second-order valence-corrected chi connectivity index (χ2v) is 13.4. The van der Waals surface area contributed by atoms with Gasteiger partial charge in [-0.3, -0.25) is 9.98 Å². The normalized spacial score (nSPS) is 11.1. The third-order valence-corrected chi connectivity index (χ3v) is 8.85. The number of carboxylic acid groups (broad SMARTS) is 2. The molecule has 6 aromatic rings. The van der Waals surface area contributed by atoms with E-state index in [9.17, 15) is 34.8 Å². The monoisotopic (exact) mass is 822 g/mol. The van der Waals surface area contributed by atoms with E-state index in [4.69, 9.17) is 4.74 Å². The number of aromatic nitrogens is 4. The third-order valence-electron chi connectivity index (χ3n) is 8.85. The van der Waals surface area contributed by atoms with Crippen molar-refractivity contribution in [2.45, 2.75) is 46.5 Å². The van der Waals surface area contributed by atoms with Gasteiger partial charge < -0.3 is 25.2 Å². The van der Waals surface area contributed by atoms with Gasteiger partial charge >= 0.3 is 17.9 Å². The van der Waals surface area contributed by atoms with Crippen molar-refractivity contribution in [3.63, 3.8) is 0 Å². The molecule has 0 bridgehead atoms. The summed E-state index contributed by atoms with van der Waals surface area (Å²) >= 11 is 0. The predicted octanol–water partition coefficient (Wildman–Crippen LogP) is 8.39. The molecule has 0 aliphatic heterocycles. The summed E-state index contributed by atoms with van der Waals surface area (Å²) < 4.78 is 7.46. The smallest absolute Gasteiger partial charge is 0.359 e. The number of methoxy groups -OCH3 is 1. The van der Waals surface area contributed by atoms with E-state index in [1.807, 2.05) is 56.3 Å². The van der Waals surface area contributed by atoms with Gasteiger partial charge in [0.15, 0.2) is 5.69 Å². The number of hydrogen-bond acceptors (Lipinski definition) is 10. The Morgan fingerprint density at radius 3 is 1.53 bits per heavy atom. The second kappa shape index (κ2) is 19.4. The molecule has 0 atom stereocenters. The summed E-state index contributed by atoms with van der Waals surface area (Å²) in [7, 11) is 1.21. The van der Waals surface area contributed by atoms with Crippen LogP contribution in [-0.4, -0.2) is 77.4 Å². The Hall–Kier alpha value is -6.82. The van der Waals surface area contributed by atoms with Gasteiger partial charge in [-0.15, -0.1) is 0 Å². The van der Waals surface area contributed by atoms with Crippen molar-refractivity contribution in [2.24, 2.45) is 9.98 Å². The molecule has 4 N–H and O–H groups in total. The van der Waals surface area contributed by atoms with Gasteiger partial charge in [0.1, 0.15) is 0 Å². The molecule has 298 valence electrons. The van der Waals surface area contributed by atoms with Crippen LogP contribution in [0.15, 0.2) is 107 Å². The summed E-state index contributed by atoms with van der Waals surface area (Å²) in [5.41, 5.74) is 5.02. The quantitative estimate of drug-likeness (QED) is 0.0726. The Morgan fingerprint density at radius 1 is 0.655 bits per heavy atom. The average Bonchev–Trinajstić information content (AvgIpc) is 3.69. The first-order valence-electron chi connectivity index (χ1n) is 17.8. The van der Waals surface area contributed by atoms with Crippen molar-refractivity contribution in [3.8, 4) is 23.1 Å². The minimum atomic E-state index is -1.14. The van der Waals surface area contributed by atoms with E-state index in [1.54, 1.807) is 43.3 Å². The summed E-state index contributed by atoms with van der Waals surface area (Å²) in [5, 5.41) is 48.6. The molecule has 0 amide bonds. The van der Waals surface area contributed by atoms with Gasteiger partial charge in [-0.05, 0) is 78.4 Å². The van der Waals surface area contributed by atoms with E-state index in [-0.39, 0.29) is 63.1 Å². The van der Waals surface area contributed by atoms with Gasteiger partial charge in [0.25, 0.3) is 0 Å². The van der Waals surface area contributed by atoms with Crippen LogP contribution in [0.4, 0.5) is 11.4 Å². The van der Waals surface area contributed by atoms with Crippen LogP contribution in [0.3, 0.4) is 0 Å². The van der Waals surface area contributed by atoms with E-state index >= 15 is 0 Å². The van der Waals surface area contributed by atoms with Gasteiger partial charge in [-0.1, -0.05) is 76.2 Å². The number of carbonyl (C=O) groups excluding carboxylic acids is 1. The van der Waals surface area contributed by atoms with Crippen molar-refractivity contribution in [1.82, 2.24) is 19.6 Å². The maximum Gasteiger partial charge on any atom is 0.359 e. The molecule has 15 heteroatoms. The molecule has 0 radical (unpaired) electrons. The van der Waals surface area contributed by atoms with Crippen LogP contribution in [0.2, 0.25) is 0 Å². The Labute approximate surface area is 345 Å². The SMILES string of the molecule is COC(=O)c1nn(-c2cccc(C(C)C)c2)c(O)c1C=Nc1ccccc1C(=O)O.Cc1nn(-c2cccc(C(C)C)c2)c(O)c1C=Nc1ccccc1C(=O)O.[Cr]. The molecule has 4 aromatic carbocycles. The zero-order chi connectivity index (χ0) is 41.4. The Bertz CT molecular complexity index is 2500. The zero-order valence-electron chi connectivity index (χ0n) is 32.6. The molecule has 58 heavy (non-hydrogen) atoms. The number of nitrogens with zero attached hydrogens (tertiary/aromatic N) is 6. The summed E-state index contributed by atoms with van der Waals surface area (Å²) in [5.74, 6) is -2.67. The number of para-hydroxylation sites is 2. The minimum Gasteiger partial charge on any atom is -0.493 e. The van der Waals surface area contributed by atoms with Crippen LogP contribution >= 0.6 is 0 Å². The van der Waals surface area contributed by atoms with Crippen LogP contribution in [0.5, 0.6) is 11.8 Å². The third kappa shape index (κ3) is 9.94. The molecule has 0 fully saturated rings. The first kappa shape index (κ1) is 43.9. The molecule has 2 heterocycles. The van der Waals surface area contributed by atoms with Crippen molar-refractivity contribution in [2.75, 3.05) is 7.11 Å². The van der Waals surface area contributed by atoms with Gasteiger partial charge in [-0.2, -0.15) is 14.9 Å². The Balaban J connectivity index is 0.000000254. The Kier molecular flexibility index (Phi) is 14.7. The van der Waals surface area contributed by atoms with Crippen molar-refractivity contribution in [3.05, 3.63) is 142 Å². The molecule has 6 rings (SSSR count). The summed E-state index contributed by atoms with van der Waals surface area (Å²) in [6, 6.07) is 27.8. The van der Waals surface area contributed by atoms with Gasteiger partial charge in [0.05, 0.1) is 57.8 Å². The van der Waals surface area contributed by atoms with Crippen LogP contribution in [-0.2, 0) is 22.1 Å². The fraction of sp³-hybridized carbons (Fsp3) is 0.186. The average molecular weight is 823 g/mol. The molecule has 2 aromatic heterocycles. The topological polar surface area (TPSA) is 202 Å². The number of benzene rings is 4. The zero-order valence-corrected chi connectivity index (χ0v) is 33.8. The van der Waals surface area contributed by atoms with Crippen LogP contribution in [0.1, 0.15) is 98.7 Å². The van der Waals surface area contributed by atoms with E-state index in [0.717, 1.165) is 16.8 Å². The summed E-state index contributed by atoms with van der Waals surface area (Å²) in [4.78, 5) is 43.3. The number of hydrogen-bond donors (Lipinski definition) is 4. The number of carbonyl (C=O) groups is 3. The number of ether oxygens (including phenoxy) is 1. The largest absolute Gasteiger partial charge is 0.493 e. The fourth-order valence-corrected chi connectivity index (χ4v) is 5.66. The van der Waals surface area contributed by atoms with Crippen molar-refractivity contribution in [1.29, 1.82) is 0 Å². The van der Waals surface area contributed by atoms with E-state index in [1.165, 1.54) is 47.1 Å². The number of aromatic carboxylic acids is 2. The van der Waals surface area contributed by atoms with Crippen LogP contribution in [0, 0.1) is 6.92 Å². The minimum absolute atomic E-state index is 0. The fourth-order valence-electron chi connectivity index (χ4n) is 5.66. The van der Waals surface area contributed by atoms with Crippen molar-refractivity contribution >= 4 is 41.7 Å². The van der Waals surface area contributed by atoms with E-state index in [2.05, 4.69) is 34.0 Å². The molecule has 0 saturated carbocycles. The second-order valence-electron chi connectivity index (χ2n) is 13.4. The Morgan fingerprint density at radius 2 is 1.09 bits per heavy atom. The molecular formula is C43H42CrN6O8. The molecule has 0 unspecified atom stereocenters. The number of aromatic hydroxyl groups is 2. The molecule has 0 spiro atoms. The molecule has 14 nitrogen and oxygen atoms in total. The molecular weight excluding hydrogens is 781 g/mol. The number of rotatable bonds is 11. The number of esters is 1. The van der Waals surface area contributed by atoms with Gasteiger partial charge in [0, 0.05) is 29.8 Å². The standard InChI is InChI=1S/C22H21N3O5.C21H21N3O3.Cr/c1-13(2)14-7-6-8-15(11-14)25-20(26)17(19(24-25)22(29)30-3)12-23-18-10-5-4-9-16(18)21(27)28;1-13(2)15-7-6-8-16(11-15)24-20(25)18(14(3)23-24)12-22-19-10-5-4-9-17(19)21(26)27;/h4-13,26H,1-3H3,(H,27,28);4-13,25H,1-3H3,(H,26,27);. The number of aryl methyl sites for hydroxylation is 1. The molecule has 0 aliphatic carbocycles. The van der Waals surface area contributed by atoms with E-state index in [0.29, 0.717) is 28.6 Å². The predicted molar refractivity (Wildman–Crippen MR) is 216 cm³/mol. The van der Waals surface area contributed by atoms with Gasteiger partial charge in [-0.25, -0.2) is 19.1 Å². The first-order valence-corrected chi connectivity index (χ1v) is 17.8. The summed E-state index contributed by atoms with van der Waals surface area (Å²) in [6.07, 6.45) is 2.65. The molecule has 0 saturated heterocycles. The van der Waals surface area contributed by atoms with Gasteiger partial charge in [0.2, 0.25) is 11.8 Å². The molecule has 0 aliphatic rings. The maximum absolute atomic E-state index is 12.2. The van der Waals surface area contributed by atoms with E-state index < -0.39 is 17.9 Å². The number of aliphatic imine (C=N–C) groups is 2. The van der Waals surface area contributed by atoms with Crippen LogP contribution in [0.25, 0.3) is 11.4 Å².